The topological polar surface area (TPSA) is 56.7 Å². The number of hydrogen-bond donors (Lipinski definition) is 2. The quantitative estimate of drug-likeness (QED) is 0.401. The molecule has 1 fully saturated rings. The first-order chi connectivity index (χ1) is 9.60. The molecule has 0 aromatic carbocycles. The van der Waals surface area contributed by atoms with E-state index in [9.17, 15) is 4.79 Å². The maximum Gasteiger partial charge on any atom is 0.222 e. The van der Waals surface area contributed by atoms with E-state index < -0.39 is 0 Å². The molecule has 124 valence electrons. The van der Waals surface area contributed by atoms with Gasteiger partial charge in [0.15, 0.2) is 5.96 Å². The highest BCUT2D eigenvalue weighted by Gasteiger charge is 2.23. The van der Waals surface area contributed by atoms with Gasteiger partial charge < -0.3 is 15.5 Å². The maximum atomic E-state index is 11.5. The number of carbonyl (C=O) groups excluding carboxylic acids is 1. The molecule has 1 rings (SSSR count). The van der Waals surface area contributed by atoms with Gasteiger partial charge in [-0.05, 0) is 19.3 Å². The van der Waals surface area contributed by atoms with Crippen molar-refractivity contribution in [2.45, 2.75) is 52.5 Å². The second-order valence-corrected chi connectivity index (χ2v) is 5.56. The van der Waals surface area contributed by atoms with Gasteiger partial charge in [0, 0.05) is 39.1 Å². The van der Waals surface area contributed by atoms with Crippen LogP contribution in [0.25, 0.3) is 0 Å². The Bertz CT molecular complexity index is 332. The molecule has 0 aliphatic carbocycles. The summed E-state index contributed by atoms with van der Waals surface area (Å²) in [5.74, 6) is 1.77. The average Bonchev–Trinajstić information content (AvgIpc) is 2.44. The summed E-state index contributed by atoms with van der Waals surface area (Å²) in [6.45, 7) is 8.98. The summed E-state index contributed by atoms with van der Waals surface area (Å²) in [7, 11) is 1.87. The second kappa shape index (κ2) is 11.1. The Kier molecular flexibility index (Phi) is 10.8. The molecule has 0 bridgehead atoms. The average molecular weight is 410 g/mol. The van der Waals surface area contributed by atoms with E-state index in [0.29, 0.717) is 18.4 Å². The Hall–Kier alpha value is -0.530. The van der Waals surface area contributed by atoms with E-state index in [2.05, 4.69) is 36.4 Å². The van der Waals surface area contributed by atoms with Crippen LogP contribution >= 0.6 is 24.0 Å². The Balaban J connectivity index is 0.00000400. The third kappa shape index (κ3) is 7.33. The van der Waals surface area contributed by atoms with Gasteiger partial charge in [-0.25, -0.2) is 0 Å². The minimum atomic E-state index is 0. The van der Waals surface area contributed by atoms with Crippen molar-refractivity contribution in [3.8, 4) is 0 Å². The zero-order chi connectivity index (χ0) is 15.0. The van der Waals surface area contributed by atoms with Gasteiger partial charge in [-0.2, -0.15) is 0 Å². The first kappa shape index (κ1) is 20.5. The Labute approximate surface area is 146 Å². The van der Waals surface area contributed by atoms with Crippen LogP contribution in [0, 0.1) is 5.92 Å². The van der Waals surface area contributed by atoms with Crippen LogP contribution in [0.2, 0.25) is 0 Å². The van der Waals surface area contributed by atoms with Crippen molar-refractivity contribution in [1.82, 2.24) is 15.5 Å². The monoisotopic (exact) mass is 410 g/mol. The van der Waals surface area contributed by atoms with Crippen molar-refractivity contribution in [2.75, 3.05) is 26.7 Å². The summed E-state index contributed by atoms with van der Waals surface area (Å²) < 4.78 is 0. The van der Waals surface area contributed by atoms with Gasteiger partial charge >= 0.3 is 0 Å². The largest absolute Gasteiger partial charge is 0.357 e. The maximum absolute atomic E-state index is 11.5. The van der Waals surface area contributed by atoms with Crippen molar-refractivity contribution in [3.63, 3.8) is 0 Å². The molecule has 1 heterocycles. The Morgan fingerprint density at radius 2 is 2.05 bits per heavy atom. The number of piperidine rings is 1. The zero-order valence-electron chi connectivity index (χ0n) is 13.8. The molecule has 1 aliphatic rings. The van der Waals surface area contributed by atoms with Gasteiger partial charge in [-0.3, -0.25) is 9.79 Å². The molecule has 2 N–H and O–H groups in total. The van der Waals surface area contributed by atoms with Crippen molar-refractivity contribution in [3.05, 3.63) is 0 Å². The molecule has 6 heteroatoms. The predicted octanol–water partition coefficient (Wildman–Crippen LogP) is 2.22. The van der Waals surface area contributed by atoms with E-state index in [1.54, 1.807) is 4.90 Å². The minimum Gasteiger partial charge on any atom is -0.357 e. The standard InChI is InChI=1S/C15H30N4O.HI/c1-5-12(6-2)10-17-15(16-7-3)18-13-8-9-14(20)19(4)11-13;/h12-13H,5-11H2,1-4H3,(H2,16,17,18);1H. The van der Waals surface area contributed by atoms with E-state index in [-0.39, 0.29) is 29.9 Å². The molecular weight excluding hydrogens is 379 g/mol. The van der Waals surface area contributed by atoms with E-state index >= 15 is 0 Å². The molecule has 21 heavy (non-hydrogen) atoms. The van der Waals surface area contributed by atoms with Gasteiger partial charge in [-0.15, -0.1) is 24.0 Å². The van der Waals surface area contributed by atoms with Gasteiger partial charge in [0.1, 0.15) is 0 Å². The molecule has 0 radical (unpaired) electrons. The zero-order valence-corrected chi connectivity index (χ0v) is 16.1. The number of aliphatic imine (C=N–C) groups is 1. The van der Waals surface area contributed by atoms with Gasteiger partial charge in [0.2, 0.25) is 5.91 Å². The normalized spacial score (nSPS) is 19.5. The highest BCUT2D eigenvalue weighted by atomic mass is 127. The lowest BCUT2D eigenvalue weighted by molar-refractivity contribution is -0.132. The minimum absolute atomic E-state index is 0. The van der Waals surface area contributed by atoms with Crippen LogP contribution in [0.5, 0.6) is 0 Å². The number of guanidine groups is 1. The smallest absolute Gasteiger partial charge is 0.222 e. The van der Waals surface area contributed by atoms with Crippen LogP contribution in [0.3, 0.4) is 0 Å². The molecule has 0 spiro atoms. The fourth-order valence-electron chi connectivity index (χ4n) is 2.41. The van der Waals surface area contributed by atoms with Crippen molar-refractivity contribution in [2.24, 2.45) is 10.9 Å². The predicted molar refractivity (Wildman–Crippen MR) is 99.3 cm³/mol. The van der Waals surface area contributed by atoms with E-state index in [1.807, 2.05) is 7.05 Å². The molecule has 1 unspecified atom stereocenters. The van der Waals surface area contributed by atoms with Crippen LogP contribution in [-0.2, 0) is 4.79 Å². The number of nitrogens with one attached hydrogen (secondary N) is 2. The fraction of sp³-hybridized carbons (Fsp3) is 0.867. The van der Waals surface area contributed by atoms with E-state index in [0.717, 1.165) is 32.0 Å². The van der Waals surface area contributed by atoms with Crippen molar-refractivity contribution < 1.29 is 4.79 Å². The fourth-order valence-corrected chi connectivity index (χ4v) is 2.41. The molecule has 1 aliphatic heterocycles. The van der Waals surface area contributed by atoms with Crippen molar-refractivity contribution in [1.29, 1.82) is 0 Å². The molecule has 0 aromatic heterocycles. The van der Waals surface area contributed by atoms with E-state index in [4.69, 9.17) is 0 Å². The van der Waals surface area contributed by atoms with Crippen LogP contribution in [0.1, 0.15) is 46.5 Å². The van der Waals surface area contributed by atoms with Crippen LogP contribution in [-0.4, -0.2) is 49.5 Å². The number of rotatable bonds is 6. The summed E-state index contributed by atoms with van der Waals surface area (Å²) >= 11 is 0. The lowest BCUT2D eigenvalue weighted by Gasteiger charge is -2.31. The van der Waals surface area contributed by atoms with Crippen LogP contribution < -0.4 is 10.6 Å². The second-order valence-electron chi connectivity index (χ2n) is 5.56. The molecule has 0 saturated carbocycles. The number of hydrogen-bond acceptors (Lipinski definition) is 2. The highest BCUT2D eigenvalue weighted by Crippen LogP contribution is 2.10. The summed E-state index contributed by atoms with van der Waals surface area (Å²) in [6.07, 6.45) is 3.85. The molecule has 1 saturated heterocycles. The van der Waals surface area contributed by atoms with Gasteiger partial charge in [-0.1, -0.05) is 26.7 Å². The van der Waals surface area contributed by atoms with Crippen LogP contribution in [0.15, 0.2) is 4.99 Å². The number of amides is 1. The molecule has 1 atom stereocenters. The lowest BCUT2D eigenvalue weighted by Crippen LogP contribution is -2.51. The third-order valence-electron chi connectivity index (χ3n) is 3.97. The summed E-state index contributed by atoms with van der Waals surface area (Å²) in [5.41, 5.74) is 0. The highest BCUT2D eigenvalue weighted by molar-refractivity contribution is 14.0. The number of likely N-dealkylation sites (N-methyl/N-ethyl adjacent to an activating group) is 1. The first-order valence-electron chi connectivity index (χ1n) is 7.89. The summed E-state index contributed by atoms with van der Waals surface area (Å²) in [6, 6.07) is 0.303. The number of carbonyl (C=O) groups is 1. The van der Waals surface area contributed by atoms with Crippen molar-refractivity contribution >= 4 is 35.8 Å². The number of nitrogens with zero attached hydrogens (tertiary/aromatic N) is 2. The molecular formula is C15H31IN4O. The number of halogens is 1. The summed E-state index contributed by atoms with van der Waals surface area (Å²) in [5, 5.41) is 6.75. The number of likely N-dealkylation sites (tertiary alicyclic amines) is 1. The van der Waals surface area contributed by atoms with Crippen LogP contribution in [0.4, 0.5) is 0 Å². The summed E-state index contributed by atoms with van der Waals surface area (Å²) in [4.78, 5) is 18.0. The van der Waals surface area contributed by atoms with Gasteiger partial charge in [0.25, 0.3) is 0 Å². The Morgan fingerprint density at radius 3 is 2.57 bits per heavy atom. The Morgan fingerprint density at radius 1 is 1.38 bits per heavy atom. The molecule has 5 nitrogen and oxygen atoms in total. The molecule has 1 amide bonds. The van der Waals surface area contributed by atoms with E-state index in [1.165, 1.54) is 12.8 Å². The molecule has 0 aromatic rings. The third-order valence-corrected chi connectivity index (χ3v) is 3.97. The van der Waals surface area contributed by atoms with Gasteiger partial charge in [0.05, 0.1) is 0 Å². The first-order valence-corrected chi connectivity index (χ1v) is 7.89. The SMILES string of the molecule is CCNC(=NCC(CC)CC)NC1CCC(=O)N(C)C1.I. The lowest BCUT2D eigenvalue weighted by atomic mass is 10.0.